The highest BCUT2D eigenvalue weighted by atomic mass is 31.2. The van der Waals surface area contributed by atoms with Crippen LogP contribution in [0, 0.1) is 5.92 Å². The van der Waals surface area contributed by atoms with Crippen molar-refractivity contribution in [1.82, 2.24) is 20.3 Å². The average Bonchev–Trinajstić information content (AvgIpc) is 3.84. The zero-order chi connectivity index (χ0) is 37.0. The van der Waals surface area contributed by atoms with E-state index in [9.17, 15) is 33.5 Å². The lowest BCUT2D eigenvalue weighted by atomic mass is 9.90. The van der Waals surface area contributed by atoms with Crippen molar-refractivity contribution >= 4 is 37.1 Å². The molecular weight excluding hydrogens is 679 g/mol. The van der Waals surface area contributed by atoms with Crippen molar-refractivity contribution in [1.29, 1.82) is 0 Å². The zero-order valence-corrected chi connectivity index (χ0v) is 29.6. The maximum atomic E-state index is 13.5. The molecule has 0 saturated carbocycles. The first kappa shape index (κ1) is 38.6. The van der Waals surface area contributed by atoms with Gasteiger partial charge in [-0.2, -0.15) is 5.06 Å². The number of nitrogens with zero attached hydrogens (tertiary/aromatic N) is 2. The van der Waals surface area contributed by atoms with E-state index >= 15 is 0 Å². The van der Waals surface area contributed by atoms with Crippen LogP contribution >= 0.6 is 7.60 Å². The Morgan fingerprint density at radius 1 is 0.980 bits per heavy atom. The fourth-order valence-electron chi connectivity index (χ4n) is 5.54. The number of carbonyl (C=O) groups excluding carboxylic acids is 4. The molecule has 2 unspecified atom stereocenters. The van der Waals surface area contributed by atoms with Crippen molar-refractivity contribution in [2.24, 2.45) is 5.92 Å². The molecule has 2 aromatic heterocycles. The maximum absolute atomic E-state index is 13.5. The number of hydrogen-bond acceptors (Lipinski definition) is 8. The third kappa shape index (κ3) is 10.4. The van der Waals surface area contributed by atoms with Gasteiger partial charge >= 0.3 is 13.6 Å². The minimum atomic E-state index is -4.61. The summed E-state index contributed by atoms with van der Waals surface area (Å²) in [5.74, 6) is -2.33. The molecule has 3 amide bonds. The number of aromatic nitrogens is 1. The standard InChI is InChI=1S/C36H43N4O10P/c1-4-7-8-11-30(31(5-2)40(24-41)50-36(44)25-12-14-27(15-13-25)39-18-9-10-19-39)34(42)37-23-38-35(43)33-17-16-32(49-33)26-20-28(48-6-3)22-29(21-26)51(45,46)47/h9-10,12-22,24,30-31H,4-8,11,23H2,1-3H3,(H,37,42)(H,38,43)(H2,45,46,47). The van der Waals surface area contributed by atoms with Crippen molar-refractivity contribution in [2.75, 3.05) is 13.3 Å². The van der Waals surface area contributed by atoms with Crippen molar-refractivity contribution in [3.63, 3.8) is 0 Å². The molecular formula is C36H43N4O10P. The smallest absolute Gasteiger partial charge is 0.363 e. The first-order chi connectivity index (χ1) is 24.5. The monoisotopic (exact) mass is 722 g/mol. The minimum Gasteiger partial charge on any atom is -0.494 e. The lowest BCUT2D eigenvalue weighted by molar-refractivity contribution is -0.171. The molecule has 2 aromatic carbocycles. The molecule has 0 fully saturated rings. The van der Waals surface area contributed by atoms with Gasteiger partial charge in [-0.25, -0.2) is 4.79 Å². The van der Waals surface area contributed by atoms with E-state index in [2.05, 4.69) is 10.6 Å². The van der Waals surface area contributed by atoms with E-state index in [1.54, 1.807) is 38.1 Å². The Morgan fingerprint density at radius 2 is 1.71 bits per heavy atom. The summed E-state index contributed by atoms with van der Waals surface area (Å²) in [7, 11) is -4.61. The van der Waals surface area contributed by atoms with Crippen molar-refractivity contribution in [2.45, 2.75) is 58.9 Å². The second-order valence-electron chi connectivity index (χ2n) is 11.6. The van der Waals surface area contributed by atoms with Gasteiger partial charge in [0.15, 0.2) is 5.76 Å². The van der Waals surface area contributed by atoms with Gasteiger partial charge in [0.05, 0.1) is 36.1 Å². The number of nitrogens with one attached hydrogen (secondary N) is 2. The van der Waals surface area contributed by atoms with E-state index in [0.717, 1.165) is 23.6 Å². The molecule has 14 nitrogen and oxygen atoms in total. The van der Waals surface area contributed by atoms with Crippen LogP contribution in [0.4, 0.5) is 0 Å². The Hall–Kier alpha value is -5.17. The minimum absolute atomic E-state index is 0.106. The van der Waals surface area contributed by atoms with Gasteiger partial charge in [0.25, 0.3) is 5.91 Å². The molecule has 0 bridgehead atoms. The van der Waals surface area contributed by atoms with Crippen LogP contribution in [0.5, 0.6) is 5.75 Å². The summed E-state index contributed by atoms with van der Waals surface area (Å²) in [6, 6.07) is 16.6. The molecule has 0 aliphatic carbocycles. The number of hydrogen-bond donors (Lipinski definition) is 4. The molecule has 4 rings (SSSR count). The van der Waals surface area contributed by atoms with E-state index in [1.807, 2.05) is 36.0 Å². The normalized spacial score (nSPS) is 12.4. The van der Waals surface area contributed by atoms with Crippen LogP contribution < -0.4 is 20.7 Å². The van der Waals surface area contributed by atoms with E-state index in [4.69, 9.17) is 14.0 Å². The van der Waals surface area contributed by atoms with Crippen molar-refractivity contribution in [3.05, 3.63) is 90.4 Å². The van der Waals surface area contributed by atoms with E-state index in [-0.39, 0.29) is 41.4 Å². The average molecular weight is 723 g/mol. The second kappa shape index (κ2) is 18.2. The van der Waals surface area contributed by atoms with Crippen LogP contribution in [-0.2, 0) is 19.0 Å². The molecule has 0 spiro atoms. The quantitative estimate of drug-likeness (QED) is 0.0339. The molecule has 15 heteroatoms. The van der Waals surface area contributed by atoms with E-state index in [0.29, 0.717) is 31.2 Å². The predicted octanol–water partition coefficient (Wildman–Crippen LogP) is 4.95. The van der Waals surface area contributed by atoms with Gasteiger partial charge in [-0.15, -0.1) is 0 Å². The van der Waals surface area contributed by atoms with Crippen molar-refractivity contribution in [3.8, 4) is 22.8 Å². The van der Waals surface area contributed by atoms with Crippen LogP contribution in [0.2, 0.25) is 0 Å². The highest BCUT2D eigenvalue weighted by Gasteiger charge is 2.33. The predicted molar refractivity (Wildman–Crippen MR) is 188 cm³/mol. The summed E-state index contributed by atoms with van der Waals surface area (Å²) in [6.45, 7) is 5.53. The lowest BCUT2D eigenvalue weighted by Gasteiger charge is -2.31. The second-order valence-corrected chi connectivity index (χ2v) is 13.2. The largest absolute Gasteiger partial charge is 0.494 e. The van der Waals surface area contributed by atoms with Crippen molar-refractivity contribution < 1.29 is 47.5 Å². The third-order valence-corrected chi connectivity index (χ3v) is 9.06. The van der Waals surface area contributed by atoms with Crippen LogP contribution in [-0.4, -0.2) is 62.9 Å². The lowest BCUT2D eigenvalue weighted by Crippen LogP contribution is -2.49. The number of furan rings is 1. The number of rotatable bonds is 19. The SMILES string of the molecule is CCCCCC(C(=O)NCNC(=O)c1ccc(-c2cc(OCC)cc(P(=O)(O)O)c2)o1)C(CC)N(C=O)OC(=O)c1ccc(-n2cccc2)cc1. The topological polar surface area (TPSA) is 190 Å². The van der Waals surface area contributed by atoms with Gasteiger partial charge in [-0.3, -0.25) is 18.9 Å². The number of benzene rings is 2. The number of unbranched alkanes of at least 4 members (excludes halogenated alkanes) is 2. The first-order valence-electron chi connectivity index (χ1n) is 16.7. The Kier molecular flexibility index (Phi) is 13.8. The van der Waals surface area contributed by atoms with Gasteiger partial charge in [0.2, 0.25) is 12.3 Å². The summed E-state index contributed by atoms with van der Waals surface area (Å²) in [5.41, 5.74) is 1.36. The molecule has 0 radical (unpaired) electrons. The van der Waals surface area contributed by atoms with Gasteiger partial charge in [-0.1, -0.05) is 33.1 Å². The first-order valence-corrected chi connectivity index (χ1v) is 18.3. The molecule has 0 saturated heterocycles. The summed E-state index contributed by atoms with van der Waals surface area (Å²) >= 11 is 0. The fourth-order valence-corrected chi connectivity index (χ4v) is 6.14. The highest BCUT2D eigenvalue weighted by molar-refractivity contribution is 7.60. The maximum Gasteiger partial charge on any atom is 0.363 e. The summed E-state index contributed by atoms with van der Waals surface area (Å²) < 4.78 is 24.9. The molecule has 272 valence electrons. The number of ether oxygens (including phenoxy) is 1. The molecule has 0 aliphatic rings. The highest BCUT2D eigenvalue weighted by Crippen LogP contribution is 2.37. The number of hydroxylamine groups is 2. The molecule has 4 aromatic rings. The Morgan fingerprint density at radius 3 is 2.33 bits per heavy atom. The van der Waals surface area contributed by atoms with Crippen LogP contribution in [0.3, 0.4) is 0 Å². The number of amides is 3. The fraction of sp³-hybridized carbons (Fsp3) is 0.333. The summed E-state index contributed by atoms with van der Waals surface area (Å²) in [6.07, 6.45) is 7.26. The van der Waals surface area contributed by atoms with E-state index in [1.165, 1.54) is 30.3 Å². The molecule has 2 atom stereocenters. The zero-order valence-electron chi connectivity index (χ0n) is 28.7. The van der Waals surface area contributed by atoms with E-state index < -0.39 is 37.3 Å². The Bertz CT molecular complexity index is 1820. The number of carbonyl (C=O) groups is 4. The third-order valence-electron chi connectivity index (χ3n) is 8.13. The molecule has 0 aliphatic heterocycles. The summed E-state index contributed by atoms with van der Waals surface area (Å²) in [4.78, 5) is 76.6. The Labute approximate surface area is 295 Å². The van der Waals surface area contributed by atoms with Gasteiger partial charge in [0, 0.05) is 23.6 Å². The van der Waals surface area contributed by atoms with Gasteiger partial charge in [-0.05, 0) is 86.5 Å². The van der Waals surface area contributed by atoms with Crippen LogP contribution in [0.25, 0.3) is 17.0 Å². The van der Waals surface area contributed by atoms with Crippen LogP contribution in [0.15, 0.2) is 83.5 Å². The van der Waals surface area contributed by atoms with Gasteiger partial charge < -0.3 is 39.0 Å². The molecule has 2 heterocycles. The van der Waals surface area contributed by atoms with Crippen LogP contribution in [0.1, 0.15) is 73.8 Å². The molecule has 51 heavy (non-hydrogen) atoms. The Balaban J connectivity index is 1.41. The van der Waals surface area contributed by atoms with Gasteiger partial charge in [0.1, 0.15) is 11.5 Å². The molecule has 4 N–H and O–H groups in total. The summed E-state index contributed by atoms with van der Waals surface area (Å²) in [5, 5.41) is 5.88.